The Morgan fingerprint density at radius 2 is 1.63 bits per heavy atom. The Morgan fingerprint density at radius 3 is 1.95 bits per heavy atom. The van der Waals surface area contributed by atoms with Crippen LogP contribution in [0.25, 0.3) is 11.0 Å². The van der Waals surface area contributed by atoms with Crippen LogP contribution in [0.1, 0.15) is 6.92 Å². The number of benzene rings is 1. The summed E-state index contributed by atoms with van der Waals surface area (Å²) < 4.78 is 0. The number of aromatic amines is 1. The molecule has 3 N–H and O–H groups in total. The standard InChI is InChI=1S/C8H6N2.C3H4N2.C2H5NO/c1-2-4-8-7(3-1)9-5-6-10-8;1-2-5-3-4-1;1-2(3)4/h1-6H;1-3H,(H,4,5);1H3,(H2,3,4). The third-order valence-corrected chi connectivity index (χ3v) is 1.78. The number of carbonyl (C=O) groups is 1. The van der Waals surface area contributed by atoms with Crippen LogP contribution in [0.2, 0.25) is 0 Å². The number of nitrogens with two attached hydrogens (primary N) is 1. The van der Waals surface area contributed by atoms with Crippen molar-refractivity contribution in [3.05, 3.63) is 55.4 Å². The molecule has 2 heterocycles. The largest absolute Gasteiger partial charge is 0.370 e. The summed E-state index contributed by atoms with van der Waals surface area (Å²) in [6.07, 6.45) is 8.48. The van der Waals surface area contributed by atoms with E-state index in [1.54, 1.807) is 31.1 Å². The van der Waals surface area contributed by atoms with Gasteiger partial charge in [0.2, 0.25) is 5.91 Å². The second-order valence-corrected chi connectivity index (χ2v) is 3.42. The first-order chi connectivity index (χ1) is 9.20. The predicted molar refractivity (Wildman–Crippen MR) is 73.0 cm³/mol. The van der Waals surface area contributed by atoms with Crippen molar-refractivity contribution in [2.45, 2.75) is 6.92 Å². The van der Waals surface area contributed by atoms with Gasteiger partial charge in [-0.05, 0) is 12.1 Å². The maximum atomic E-state index is 9.22. The Balaban J connectivity index is 0.000000169. The second-order valence-electron chi connectivity index (χ2n) is 3.42. The molecule has 98 valence electrons. The molecule has 19 heavy (non-hydrogen) atoms. The van der Waals surface area contributed by atoms with E-state index in [1.165, 1.54) is 6.92 Å². The van der Waals surface area contributed by atoms with Gasteiger partial charge in [0.15, 0.2) is 0 Å². The van der Waals surface area contributed by atoms with Crippen LogP contribution in [0.3, 0.4) is 0 Å². The molecule has 0 aliphatic heterocycles. The first-order valence-electron chi connectivity index (χ1n) is 5.54. The van der Waals surface area contributed by atoms with E-state index in [2.05, 4.69) is 25.7 Å². The van der Waals surface area contributed by atoms with Crippen LogP contribution >= 0.6 is 0 Å². The van der Waals surface area contributed by atoms with E-state index >= 15 is 0 Å². The zero-order chi connectivity index (χ0) is 13.9. The lowest BCUT2D eigenvalue weighted by molar-refractivity contribution is -0.115. The third-order valence-electron chi connectivity index (χ3n) is 1.78. The predicted octanol–water partition coefficient (Wildman–Crippen LogP) is 1.53. The fourth-order valence-electron chi connectivity index (χ4n) is 1.12. The van der Waals surface area contributed by atoms with Crippen molar-refractivity contribution in [1.29, 1.82) is 0 Å². The molecule has 0 aliphatic rings. The number of nitrogens with zero attached hydrogens (tertiary/aromatic N) is 3. The number of imidazole rings is 1. The molecule has 1 aromatic carbocycles. The average Bonchev–Trinajstić information content (AvgIpc) is 2.97. The lowest BCUT2D eigenvalue weighted by Gasteiger charge is -1.90. The maximum absolute atomic E-state index is 9.22. The van der Waals surface area contributed by atoms with Crippen LogP contribution in [0.4, 0.5) is 0 Å². The minimum absolute atomic E-state index is 0.333. The molecule has 6 nitrogen and oxygen atoms in total. The summed E-state index contributed by atoms with van der Waals surface area (Å²) in [6.45, 7) is 1.31. The number of carbonyl (C=O) groups excluding carboxylic acids is 1. The van der Waals surface area contributed by atoms with Gasteiger partial charge < -0.3 is 10.7 Å². The molecule has 3 rings (SSSR count). The summed E-state index contributed by atoms with van der Waals surface area (Å²) in [5.41, 5.74) is 6.37. The summed E-state index contributed by atoms with van der Waals surface area (Å²) in [5.74, 6) is -0.333. The van der Waals surface area contributed by atoms with Crippen molar-refractivity contribution >= 4 is 16.9 Å². The molecular formula is C13H15N5O. The topological polar surface area (TPSA) is 97.6 Å². The number of fused-ring (bicyclic) bond motifs is 1. The SMILES string of the molecule is CC(N)=O.c1c[nH]cn1.c1ccc2nccnc2c1. The average molecular weight is 257 g/mol. The number of aromatic nitrogens is 4. The molecule has 1 amide bonds. The van der Waals surface area contributed by atoms with Crippen LogP contribution < -0.4 is 5.73 Å². The van der Waals surface area contributed by atoms with Gasteiger partial charge >= 0.3 is 0 Å². The van der Waals surface area contributed by atoms with Gasteiger partial charge in [-0.2, -0.15) is 0 Å². The van der Waals surface area contributed by atoms with Crippen LogP contribution in [-0.2, 0) is 4.79 Å². The van der Waals surface area contributed by atoms with Gasteiger partial charge in [0, 0.05) is 31.7 Å². The number of hydrogen-bond acceptors (Lipinski definition) is 4. The molecule has 0 aliphatic carbocycles. The van der Waals surface area contributed by atoms with Crippen molar-refractivity contribution in [2.24, 2.45) is 5.73 Å². The number of hydrogen-bond donors (Lipinski definition) is 2. The van der Waals surface area contributed by atoms with Crippen LogP contribution in [0, 0.1) is 0 Å². The van der Waals surface area contributed by atoms with Gasteiger partial charge in [-0.25, -0.2) is 4.98 Å². The van der Waals surface area contributed by atoms with Crippen LogP contribution in [0.5, 0.6) is 0 Å². The second kappa shape index (κ2) is 8.35. The summed E-state index contributed by atoms with van der Waals surface area (Å²) in [4.78, 5) is 23.9. The first kappa shape index (κ1) is 14.3. The molecule has 0 atom stereocenters. The van der Waals surface area contributed by atoms with E-state index < -0.39 is 0 Å². The smallest absolute Gasteiger partial charge is 0.214 e. The number of rotatable bonds is 0. The number of primary amides is 1. The number of nitrogens with one attached hydrogen (secondary N) is 1. The van der Waals surface area contributed by atoms with Gasteiger partial charge in [-0.15, -0.1) is 0 Å². The number of para-hydroxylation sites is 2. The Hall–Kier alpha value is -2.76. The van der Waals surface area contributed by atoms with Crippen LogP contribution in [-0.4, -0.2) is 25.8 Å². The van der Waals surface area contributed by atoms with Crippen molar-refractivity contribution < 1.29 is 4.79 Å². The highest BCUT2D eigenvalue weighted by Crippen LogP contribution is 2.04. The highest BCUT2D eigenvalue weighted by atomic mass is 16.1. The van der Waals surface area contributed by atoms with E-state index in [4.69, 9.17) is 0 Å². The molecule has 6 heteroatoms. The number of amides is 1. The maximum Gasteiger partial charge on any atom is 0.214 e. The van der Waals surface area contributed by atoms with E-state index in [9.17, 15) is 4.79 Å². The summed E-state index contributed by atoms with van der Waals surface area (Å²) in [6, 6.07) is 7.80. The molecule has 0 radical (unpaired) electrons. The van der Waals surface area contributed by atoms with Crippen molar-refractivity contribution in [3.8, 4) is 0 Å². The highest BCUT2D eigenvalue weighted by molar-refractivity contribution is 5.73. The molecule has 0 saturated carbocycles. The van der Waals surface area contributed by atoms with Crippen molar-refractivity contribution in [1.82, 2.24) is 19.9 Å². The third kappa shape index (κ3) is 6.52. The monoisotopic (exact) mass is 257 g/mol. The minimum Gasteiger partial charge on any atom is -0.370 e. The Morgan fingerprint density at radius 1 is 1.11 bits per heavy atom. The Labute approximate surface area is 110 Å². The van der Waals surface area contributed by atoms with Crippen molar-refractivity contribution in [3.63, 3.8) is 0 Å². The van der Waals surface area contributed by atoms with Crippen LogP contribution in [0.15, 0.2) is 55.4 Å². The Bertz CT molecular complexity index is 508. The quantitative estimate of drug-likeness (QED) is 0.638. The van der Waals surface area contributed by atoms with Gasteiger partial charge in [-0.1, -0.05) is 12.1 Å². The Kier molecular flexibility index (Phi) is 6.28. The molecular weight excluding hydrogens is 242 g/mol. The fraction of sp³-hybridized carbons (Fsp3) is 0.0769. The van der Waals surface area contributed by atoms with E-state index in [-0.39, 0.29) is 5.91 Å². The van der Waals surface area contributed by atoms with Gasteiger partial charge in [-0.3, -0.25) is 14.8 Å². The normalized spacial score (nSPS) is 8.68. The number of H-pyrrole nitrogens is 1. The lowest BCUT2D eigenvalue weighted by Crippen LogP contribution is -2.01. The van der Waals surface area contributed by atoms with Gasteiger partial charge in [0.1, 0.15) is 0 Å². The molecule has 0 fully saturated rings. The zero-order valence-corrected chi connectivity index (χ0v) is 10.5. The molecule has 0 spiro atoms. The first-order valence-corrected chi connectivity index (χ1v) is 5.54. The van der Waals surface area contributed by atoms with E-state index in [0.717, 1.165) is 11.0 Å². The van der Waals surface area contributed by atoms with Gasteiger partial charge in [0.25, 0.3) is 0 Å². The van der Waals surface area contributed by atoms with Crippen molar-refractivity contribution in [2.75, 3.05) is 0 Å². The van der Waals surface area contributed by atoms with Gasteiger partial charge in [0.05, 0.1) is 17.4 Å². The summed E-state index contributed by atoms with van der Waals surface area (Å²) in [7, 11) is 0. The summed E-state index contributed by atoms with van der Waals surface area (Å²) in [5, 5.41) is 0. The van der Waals surface area contributed by atoms with E-state index in [1.807, 2.05) is 24.3 Å². The van der Waals surface area contributed by atoms with E-state index in [0.29, 0.717) is 0 Å². The zero-order valence-electron chi connectivity index (χ0n) is 10.5. The highest BCUT2D eigenvalue weighted by Gasteiger charge is 1.88. The molecule has 0 saturated heterocycles. The summed E-state index contributed by atoms with van der Waals surface area (Å²) >= 11 is 0. The molecule has 0 unspecified atom stereocenters. The lowest BCUT2D eigenvalue weighted by atomic mass is 10.3. The molecule has 2 aromatic heterocycles. The molecule has 3 aromatic rings. The minimum atomic E-state index is -0.333. The molecule has 0 bridgehead atoms. The fourth-order valence-corrected chi connectivity index (χ4v) is 1.12.